The van der Waals surface area contributed by atoms with Gasteiger partial charge in [-0.3, -0.25) is 19.2 Å². The van der Waals surface area contributed by atoms with Crippen LogP contribution >= 0.6 is 0 Å². The number of rotatable bonds is 27. The summed E-state index contributed by atoms with van der Waals surface area (Å²) in [6.45, 7) is 60.4. The minimum absolute atomic E-state index is 0.123. The topological polar surface area (TPSA) is 227 Å². The predicted octanol–water partition coefficient (Wildman–Crippen LogP) is 27.9. The van der Waals surface area contributed by atoms with Crippen molar-refractivity contribution in [2.75, 3.05) is 0 Å². The zero-order valence-electron chi connectivity index (χ0n) is 78.5. The first-order chi connectivity index (χ1) is 55.6. The molecule has 0 aliphatic carbocycles. The van der Waals surface area contributed by atoms with E-state index in [2.05, 4.69) is 114 Å². The van der Waals surface area contributed by atoms with Crippen LogP contribution in [0, 0.1) is 49.4 Å². The van der Waals surface area contributed by atoms with Crippen molar-refractivity contribution in [2.45, 2.75) is 326 Å². The third-order valence-electron chi connectivity index (χ3n) is 23.0. The summed E-state index contributed by atoms with van der Waals surface area (Å²) in [4.78, 5) is 48.2. The minimum atomic E-state index is -0.540. The first kappa shape index (κ1) is 108. The molecular formula is C105H154O14. The number of aromatic hydroxyl groups is 4. The molecule has 0 bridgehead atoms. The van der Waals surface area contributed by atoms with Gasteiger partial charge in [-0.1, -0.05) is 235 Å². The highest BCUT2D eigenvalue weighted by atomic mass is 16.6. The van der Waals surface area contributed by atoms with E-state index in [4.69, 9.17) is 39.4 Å². The number of aryl methyl sites for hydroxylation is 4. The molecule has 8 aromatic rings. The second-order valence-electron chi connectivity index (χ2n) is 34.6. The quantitative estimate of drug-likeness (QED) is 0.0208. The molecule has 119 heavy (non-hydrogen) atoms. The molecular weight excluding hydrogens is 1490 g/mol. The average Bonchev–Trinajstić information content (AvgIpc) is 0.820. The Hall–Kier alpha value is -9.24. The molecule has 0 spiro atoms. The highest BCUT2D eigenvalue weighted by Gasteiger charge is 2.33. The maximum absolute atomic E-state index is 12.1. The molecule has 0 radical (unpaired) electrons. The molecule has 0 aromatic heterocycles. The lowest BCUT2D eigenvalue weighted by Crippen LogP contribution is -2.27. The van der Waals surface area contributed by atoms with Gasteiger partial charge in [-0.2, -0.15) is 0 Å². The summed E-state index contributed by atoms with van der Waals surface area (Å²) in [6.07, 6.45) is 6.53. The van der Waals surface area contributed by atoms with Crippen molar-refractivity contribution in [1.82, 2.24) is 0 Å². The Balaban J connectivity index is 0.000000688. The van der Waals surface area contributed by atoms with E-state index in [0.717, 1.165) is 61.6 Å². The maximum Gasteiger partial charge on any atom is 0.312 e. The zero-order chi connectivity index (χ0) is 90.9. The first-order valence-electron chi connectivity index (χ1n) is 43.2. The number of benzene rings is 8. The number of phenols is 4. The van der Waals surface area contributed by atoms with E-state index in [9.17, 15) is 29.4 Å². The van der Waals surface area contributed by atoms with Gasteiger partial charge in [0.05, 0.1) is 34.9 Å². The molecule has 0 saturated heterocycles. The molecule has 658 valence electrons. The second-order valence-corrected chi connectivity index (χ2v) is 34.6. The van der Waals surface area contributed by atoms with Crippen LogP contribution in [-0.2, 0) is 51.3 Å². The summed E-state index contributed by atoms with van der Waals surface area (Å²) < 4.78 is 22.2. The van der Waals surface area contributed by atoms with Crippen LogP contribution < -0.4 is 0 Å². The van der Waals surface area contributed by atoms with Crippen LogP contribution in [0.15, 0.2) is 176 Å². The van der Waals surface area contributed by atoms with Gasteiger partial charge in [-0.25, -0.2) is 0 Å². The Kier molecular flexibility index (Phi) is 48.4. The molecule has 0 saturated carbocycles. The molecule has 0 heterocycles. The van der Waals surface area contributed by atoms with Crippen molar-refractivity contribution in [2.24, 2.45) is 21.7 Å². The highest BCUT2D eigenvalue weighted by Crippen LogP contribution is 2.35. The Morgan fingerprint density at radius 3 is 0.739 bits per heavy atom. The van der Waals surface area contributed by atoms with E-state index in [1.54, 1.807) is 73.7 Å². The third-order valence-corrected chi connectivity index (χ3v) is 23.0. The lowest BCUT2D eigenvalue weighted by Gasteiger charge is -2.25. The number of carbonyl (C=O) groups is 4. The number of aliphatic hydroxyl groups is 2. The lowest BCUT2D eigenvalue weighted by atomic mass is 9.90. The Morgan fingerprint density at radius 2 is 0.513 bits per heavy atom. The third kappa shape index (κ3) is 37.9. The summed E-state index contributed by atoms with van der Waals surface area (Å²) in [6, 6.07) is 55.7. The first-order valence-corrected chi connectivity index (χ1v) is 43.2. The highest BCUT2D eigenvalue weighted by molar-refractivity contribution is 5.77. The Morgan fingerprint density at radius 1 is 0.294 bits per heavy atom. The van der Waals surface area contributed by atoms with Crippen LogP contribution in [-0.4, -0.2) is 54.5 Å². The van der Waals surface area contributed by atoms with Crippen LogP contribution in [0.25, 0.3) is 0 Å². The van der Waals surface area contributed by atoms with Crippen LogP contribution in [0.1, 0.15) is 369 Å². The summed E-state index contributed by atoms with van der Waals surface area (Å²) in [5.41, 5.74) is 14.8. The largest absolute Gasteiger partial charge is 0.508 e. The van der Waals surface area contributed by atoms with Crippen molar-refractivity contribution in [3.8, 4) is 23.0 Å². The molecule has 0 fully saturated rings. The molecule has 6 N–H and O–H groups in total. The summed E-state index contributed by atoms with van der Waals surface area (Å²) in [5.74, 6) is 3.61. The van der Waals surface area contributed by atoms with Crippen molar-refractivity contribution in [1.29, 1.82) is 0 Å². The number of aliphatic hydroxyl groups excluding tert-OH is 2. The van der Waals surface area contributed by atoms with Gasteiger partial charge in [0.1, 0.15) is 47.4 Å². The van der Waals surface area contributed by atoms with E-state index in [-0.39, 0.29) is 55.4 Å². The van der Waals surface area contributed by atoms with Crippen molar-refractivity contribution < 1.29 is 68.8 Å². The molecule has 0 aliphatic heterocycles. The van der Waals surface area contributed by atoms with E-state index in [1.807, 2.05) is 196 Å². The molecule has 8 rings (SSSR count). The smallest absolute Gasteiger partial charge is 0.312 e. The van der Waals surface area contributed by atoms with Gasteiger partial charge in [-0.05, 0) is 307 Å². The second kappa shape index (κ2) is 53.4. The van der Waals surface area contributed by atoms with Gasteiger partial charge in [0.15, 0.2) is 0 Å². The molecule has 14 heteroatoms. The molecule has 0 amide bonds. The monoisotopic (exact) mass is 1640 g/mol. The van der Waals surface area contributed by atoms with Crippen LogP contribution in [0.3, 0.4) is 0 Å². The van der Waals surface area contributed by atoms with E-state index >= 15 is 0 Å². The van der Waals surface area contributed by atoms with E-state index in [1.165, 1.54) is 50.1 Å². The van der Waals surface area contributed by atoms with Gasteiger partial charge in [0, 0.05) is 5.56 Å². The van der Waals surface area contributed by atoms with Gasteiger partial charge in [0.2, 0.25) is 0 Å². The maximum atomic E-state index is 12.1. The fraction of sp³-hybridized carbons (Fsp3) is 0.505. The number of hydrogen-bond donors (Lipinski definition) is 6. The summed E-state index contributed by atoms with van der Waals surface area (Å²) >= 11 is 0. The fourth-order valence-corrected chi connectivity index (χ4v) is 11.6. The molecule has 14 nitrogen and oxygen atoms in total. The number of hydrogen-bond acceptors (Lipinski definition) is 14. The van der Waals surface area contributed by atoms with Crippen LogP contribution in [0.5, 0.6) is 23.0 Å². The van der Waals surface area contributed by atoms with Crippen molar-refractivity contribution >= 4 is 23.9 Å². The fourth-order valence-electron chi connectivity index (χ4n) is 11.6. The average molecular weight is 1640 g/mol. The van der Waals surface area contributed by atoms with Gasteiger partial charge in [-0.15, -0.1) is 0 Å². The van der Waals surface area contributed by atoms with Gasteiger partial charge < -0.3 is 49.6 Å². The molecule has 0 aliphatic rings. The van der Waals surface area contributed by atoms with E-state index < -0.39 is 27.8 Å². The van der Waals surface area contributed by atoms with Crippen molar-refractivity contribution in [3.63, 3.8) is 0 Å². The SMILES string of the molecule is CCC(C)(C)C(=O)OC(C)c1c(C)cc(C)cc1C.CCC(C)(C)C(=O)OC(C)c1c(CO)cccc1CO.CCC(C)(C)C(=O)OC(C)c1ccc(C(C)C)cc1.CCC(C)(C)C(=O)OC(C)c1ccc(C)cc1.CCC(C)c1ccc(O)cc1.CCC(C)c1ccc(O)cc1.CCC(C)c1ccc(O)cc1.CCC(C)c1ccc(O)cc1. The number of ether oxygens (including phenoxy) is 4. The molecule has 8 atom stereocenters. The number of esters is 4. The standard InChI is InChI=1S/2C17H26O2.C16H24O4.C15H22O2.4C10H14O/c1-8-17(6,7)16(18)19-14(5)15-12(3)9-11(2)10-13(15)4;1-7-17(5,6)16(18)19-13(4)15-10-8-14(9-11-15)12(2)3;1-5-16(3,4)15(19)20-11(2)14-12(9-17)7-6-8-13(14)10-18;1-6-15(4,5)14(16)17-12(3)13-9-7-11(2)8-10-13;4*1-3-8(2)9-4-6-10(11)7-5-9/h9-10,14H,8H2,1-7H3;8-13H,7H2,1-6H3;6-8,11,17-18H,5,9-10H2,1-4H3;7-10,12H,6H2,1-5H3;4*4-8,11H,3H2,1-2H3. The van der Waals surface area contributed by atoms with Crippen LogP contribution in [0.4, 0.5) is 0 Å². The Bertz CT molecular complexity index is 3940. The minimum Gasteiger partial charge on any atom is -0.508 e. The summed E-state index contributed by atoms with van der Waals surface area (Å²) in [7, 11) is 0. The summed E-state index contributed by atoms with van der Waals surface area (Å²) in [5, 5.41) is 54.9. The van der Waals surface area contributed by atoms with Gasteiger partial charge in [0.25, 0.3) is 0 Å². The predicted molar refractivity (Wildman–Crippen MR) is 492 cm³/mol. The number of carbonyl (C=O) groups excluding carboxylic acids is 4. The lowest BCUT2D eigenvalue weighted by molar-refractivity contribution is -0.160. The molecule has 8 unspecified atom stereocenters. The van der Waals surface area contributed by atoms with E-state index in [0.29, 0.717) is 75.7 Å². The zero-order valence-corrected chi connectivity index (χ0v) is 78.5. The molecule has 8 aromatic carbocycles. The van der Waals surface area contributed by atoms with Crippen LogP contribution in [0.2, 0.25) is 0 Å². The van der Waals surface area contributed by atoms with Gasteiger partial charge >= 0.3 is 23.9 Å². The normalized spacial score (nSPS) is 13.1. The number of phenolic OH excluding ortho intramolecular Hbond substituents is 4. The Labute approximate surface area is 719 Å². The van der Waals surface area contributed by atoms with Crippen molar-refractivity contribution in [3.05, 3.63) is 259 Å².